The highest BCUT2D eigenvalue weighted by atomic mass is 19.4. The maximum Gasteiger partial charge on any atom is 0.490 e. The second kappa shape index (κ2) is 8.73. The molecule has 2 heterocycles. The Balaban J connectivity index is 0.000000298. The number of halogens is 3. The van der Waals surface area contributed by atoms with E-state index < -0.39 is 12.1 Å². The lowest BCUT2D eigenvalue weighted by molar-refractivity contribution is -0.192. The fraction of sp³-hybridized carbons (Fsp3) is 0.737. The van der Waals surface area contributed by atoms with Crippen LogP contribution in [0.5, 0.6) is 0 Å². The number of carbonyl (C=O) groups excluding carboxylic acids is 1. The van der Waals surface area contributed by atoms with Crippen LogP contribution in [0.25, 0.3) is 0 Å². The monoisotopic (exact) mass is 416 g/mol. The maximum absolute atomic E-state index is 11.8. The maximum atomic E-state index is 11.8. The van der Waals surface area contributed by atoms with Crippen molar-refractivity contribution in [2.45, 2.75) is 64.3 Å². The number of alkyl halides is 3. The van der Waals surface area contributed by atoms with Crippen LogP contribution in [-0.4, -0.2) is 50.7 Å². The molecule has 7 nitrogen and oxygen atoms in total. The molecule has 0 spiro atoms. The van der Waals surface area contributed by atoms with Gasteiger partial charge in [0.15, 0.2) is 0 Å². The van der Waals surface area contributed by atoms with Gasteiger partial charge in [0.1, 0.15) is 5.82 Å². The minimum absolute atomic E-state index is 0.214. The molecule has 2 N–H and O–H groups in total. The molecular weight excluding hydrogens is 389 g/mol. The van der Waals surface area contributed by atoms with E-state index in [0.717, 1.165) is 37.5 Å². The van der Waals surface area contributed by atoms with Crippen LogP contribution in [0.3, 0.4) is 0 Å². The third kappa shape index (κ3) is 5.49. The van der Waals surface area contributed by atoms with E-state index in [4.69, 9.17) is 9.90 Å². The van der Waals surface area contributed by atoms with Gasteiger partial charge < -0.3 is 15.0 Å². The smallest absolute Gasteiger partial charge is 0.475 e. The average Bonchev–Trinajstić information content (AvgIpc) is 3.38. The van der Waals surface area contributed by atoms with Crippen molar-refractivity contribution in [3.8, 4) is 0 Å². The molecule has 4 rings (SSSR count). The molecular formula is C19H27F3N4O3. The van der Waals surface area contributed by atoms with Crippen LogP contribution in [0.15, 0.2) is 6.20 Å². The van der Waals surface area contributed by atoms with Crippen LogP contribution in [0, 0.1) is 11.8 Å². The minimum atomic E-state index is -5.08. The zero-order valence-electron chi connectivity index (χ0n) is 16.4. The van der Waals surface area contributed by atoms with Gasteiger partial charge in [0, 0.05) is 25.6 Å². The molecule has 2 fully saturated rings. The molecule has 0 saturated heterocycles. The van der Waals surface area contributed by atoms with E-state index in [1.807, 2.05) is 6.20 Å². The lowest BCUT2D eigenvalue weighted by atomic mass is 9.84. The molecule has 10 heteroatoms. The van der Waals surface area contributed by atoms with Crippen LogP contribution in [-0.2, 0) is 22.7 Å². The first kappa shape index (κ1) is 21.6. The fourth-order valence-electron chi connectivity index (χ4n) is 3.67. The van der Waals surface area contributed by atoms with Crippen molar-refractivity contribution >= 4 is 11.9 Å². The predicted octanol–water partition coefficient (Wildman–Crippen LogP) is 2.72. The van der Waals surface area contributed by atoms with E-state index in [1.54, 1.807) is 0 Å². The molecule has 2 aliphatic carbocycles. The fourth-order valence-corrected chi connectivity index (χ4v) is 3.67. The van der Waals surface area contributed by atoms with Gasteiger partial charge in [-0.2, -0.15) is 13.2 Å². The zero-order chi connectivity index (χ0) is 21.2. The van der Waals surface area contributed by atoms with E-state index in [-0.39, 0.29) is 11.8 Å². The number of hydrogen-bond donors (Lipinski definition) is 2. The lowest BCUT2D eigenvalue weighted by Gasteiger charge is -2.39. The second-order valence-corrected chi connectivity index (χ2v) is 8.02. The number of aromatic nitrogens is 2. The van der Waals surface area contributed by atoms with Gasteiger partial charge >= 0.3 is 12.1 Å². The highest BCUT2D eigenvalue weighted by molar-refractivity contribution is 5.80. The Morgan fingerprint density at radius 3 is 2.41 bits per heavy atom. The second-order valence-electron chi connectivity index (χ2n) is 8.02. The van der Waals surface area contributed by atoms with Crippen LogP contribution in [0.1, 0.15) is 56.6 Å². The molecule has 1 unspecified atom stereocenters. The Hall–Kier alpha value is -2.10. The summed E-state index contributed by atoms with van der Waals surface area (Å²) in [6.07, 6.45) is 3.19. The van der Waals surface area contributed by atoms with Gasteiger partial charge in [-0.3, -0.25) is 9.69 Å². The van der Waals surface area contributed by atoms with Crippen LogP contribution in [0.4, 0.5) is 13.2 Å². The summed E-state index contributed by atoms with van der Waals surface area (Å²) in [5.41, 5.74) is 1.15. The SMILES string of the molecule is CC1c2ncc(CNC(=O)C3CC3)n2CCN1CC1CCC1.O=C(O)C(F)(F)F. The van der Waals surface area contributed by atoms with Crippen LogP contribution in [0.2, 0.25) is 0 Å². The van der Waals surface area contributed by atoms with Crippen molar-refractivity contribution in [1.82, 2.24) is 19.8 Å². The Bertz CT molecular complexity index is 742. The highest BCUT2D eigenvalue weighted by Gasteiger charge is 2.38. The number of carboxylic acid groups (broad SMARTS) is 1. The average molecular weight is 416 g/mol. The predicted molar refractivity (Wildman–Crippen MR) is 97.8 cm³/mol. The summed E-state index contributed by atoms with van der Waals surface area (Å²) in [4.78, 5) is 27.9. The number of amides is 1. The van der Waals surface area contributed by atoms with Crippen molar-refractivity contribution in [3.05, 3.63) is 17.7 Å². The van der Waals surface area contributed by atoms with Crippen LogP contribution >= 0.6 is 0 Å². The number of nitrogens with zero attached hydrogens (tertiary/aromatic N) is 3. The molecule has 1 aliphatic heterocycles. The molecule has 0 aromatic carbocycles. The van der Waals surface area contributed by atoms with E-state index >= 15 is 0 Å². The van der Waals surface area contributed by atoms with Crippen molar-refractivity contribution in [3.63, 3.8) is 0 Å². The largest absolute Gasteiger partial charge is 0.490 e. The van der Waals surface area contributed by atoms with E-state index in [1.165, 1.54) is 31.6 Å². The molecule has 162 valence electrons. The van der Waals surface area contributed by atoms with Crippen molar-refractivity contribution < 1.29 is 27.9 Å². The first-order valence-electron chi connectivity index (χ1n) is 10.0. The molecule has 1 atom stereocenters. The number of rotatable bonds is 5. The Kier molecular flexibility index (Phi) is 6.50. The topological polar surface area (TPSA) is 87.5 Å². The molecule has 1 amide bonds. The van der Waals surface area contributed by atoms with Crippen molar-refractivity contribution in [1.29, 1.82) is 0 Å². The molecule has 2 saturated carbocycles. The third-order valence-corrected chi connectivity index (χ3v) is 5.85. The van der Waals surface area contributed by atoms with E-state index in [2.05, 4.69) is 26.7 Å². The summed E-state index contributed by atoms with van der Waals surface area (Å²) < 4.78 is 34.1. The van der Waals surface area contributed by atoms with Crippen LogP contribution < -0.4 is 5.32 Å². The van der Waals surface area contributed by atoms with Gasteiger partial charge in [0.2, 0.25) is 5.91 Å². The van der Waals surface area contributed by atoms with Gasteiger partial charge in [-0.1, -0.05) is 6.42 Å². The van der Waals surface area contributed by atoms with Gasteiger partial charge in [-0.25, -0.2) is 9.78 Å². The quantitative estimate of drug-likeness (QED) is 0.771. The molecule has 1 aromatic rings. The van der Waals surface area contributed by atoms with Gasteiger partial charge in [0.05, 0.1) is 24.5 Å². The lowest BCUT2D eigenvalue weighted by Crippen LogP contribution is -2.41. The third-order valence-electron chi connectivity index (χ3n) is 5.85. The summed E-state index contributed by atoms with van der Waals surface area (Å²) in [6.45, 7) is 6.22. The van der Waals surface area contributed by atoms with Gasteiger partial charge in [-0.15, -0.1) is 0 Å². The summed E-state index contributed by atoms with van der Waals surface area (Å²) >= 11 is 0. The number of imidazole rings is 1. The normalized spacial score (nSPS) is 22.1. The van der Waals surface area contributed by atoms with E-state index in [9.17, 15) is 18.0 Å². The molecule has 1 aromatic heterocycles. The Labute approximate surface area is 167 Å². The number of carbonyl (C=O) groups is 2. The summed E-state index contributed by atoms with van der Waals surface area (Å²) in [6, 6.07) is 0.391. The number of hydrogen-bond acceptors (Lipinski definition) is 4. The van der Waals surface area contributed by atoms with Crippen molar-refractivity contribution in [2.24, 2.45) is 11.8 Å². The first-order chi connectivity index (χ1) is 13.7. The molecule has 3 aliphatic rings. The minimum Gasteiger partial charge on any atom is -0.475 e. The van der Waals surface area contributed by atoms with E-state index in [0.29, 0.717) is 12.6 Å². The number of carboxylic acids is 1. The summed E-state index contributed by atoms with van der Waals surface area (Å²) in [7, 11) is 0. The number of fused-ring (bicyclic) bond motifs is 1. The van der Waals surface area contributed by atoms with Gasteiger partial charge in [-0.05, 0) is 38.5 Å². The van der Waals surface area contributed by atoms with Gasteiger partial charge in [0.25, 0.3) is 0 Å². The molecule has 0 radical (unpaired) electrons. The standard InChI is InChI=1S/C17H26N4O.C2HF3O2/c1-12-16-18-9-15(10-19-17(22)14-5-6-14)21(16)8-7-20(12)11-13-3-2-4-13;3-2(4,5)1(6)7/h9,12-14H,2-8,10-11H2,1H3,(H,19,22);(H,6,7). The number of aliphatic carboxylic acids is 1. The molecule has 29 heavy (non-hydrogen) atoms. The summed E-state index contributed by atoms with van der Waals surface area (Å²) in [5.74, 6) is -0.193. The first-order valence-corrected chi connectivity index (χ1v) is 10.0. The zero-order valence-corrected chi connectivity index (χ0v) is 16.4. The number of nitrogens with one attached hydrogen (secondary N) is 1. The van der Waals surface area contributed by atoms with Crippen molar-refractivity contribution in [2.75, 3.05) is 13.1 Å². The Morgan fingerprint density at radius 2 is 1.90 bits per heavy atom. The Morgan fingerprint density at radius 1 is 1.24 bits per heavy atom. The molecule has 0 bridgehead atoms. The highest BCUT2D eigenvalue weighted by Crippen LogP contribution is 2.32. The summed E-state index contributed by atoms with van der Waals surface area (Å²) in [5, 5.41) is 10.2.